The molecule has 0 aliphatic carbocycles. The molecule has 0 aromatic heterocycles. The number of hydrogen-bond acceptors (Lipinski definition) is 1. The molecule has 0 fully saturated rings. The summed E-state index contributed by atoms with van der Waals surface area (Å²) in [6.07, 6.45) is 4.24. The molecule has 0 aliphatic heterocycles. The molecule has 58 heavy (non-hydrogen) atoms. The maximum absolute atomic E-state index is 9.07. The predicted octanol–water partition coefficient (Wildman–Crippen LogP) is 14.9. The maximum Gasteiger partial charge on any atom is 0.187 e. The lowest BCUT2D eigenvalue weighted by Gasteiger charge is -2.20. The number of nitrogens with one attached hydrogen (secondary N) is 1. The second-order valence-corrected chi connectivity index (χ2v) is 14.5. The summed E-state index contributed by atoms with van der Waals surface area (Å²) < 4.78 is 0. The van der Waals surface area contributed by atoms with E-state index in [0.29, 0.717) is 11.4 Å². The Labute approximate surface area is 336 Å². The Kier molecular flexibility index (Phi) is 8.71. The fourth-order valence-electron chi connectivity index (χ4n) is 8.43. The van der Waals surface area contributed by atoms with E-state index < -0.39 is 0 Å². The van der Waals surface area contributed by atoms with Gasteiger partial charge in [0.25, 0.3) is 0 Å². The third kappa shape index (κ3) is 6.11. The third-order valence-electron chi connectivity index (χ3n) is 11.2. The first-order valence-corrected chi connectivity index (χ1v) is 19.4. The molecule has 0 spiro atoms. The third-order valence-corrected chi connectivity index (χ3v) is 11.2. The standard InChI is InChI=1S/C55H35N3/c1-57-42-29-26-36(27-30-42)39-18-13-19-41(34-39)52(58-55(56)38-15-3-2-4-16-38)33-32-47-45-22-9-11-24-48(45)54(49-25-12-10-23-46(47)49)53-44-21-8-6-17-40(44)35-51-43-20-7-5-14-37(43)28-31-50(51)53/h2-35,56H/b33-32+,56-55?,58-52?. The summed E-state index contributed by atoms with van der Waals surface area (Å²) >= 11 is 0. The average molecular weight is 738 g/mol. The van der Waals surface area contributed by atoms with Crippen molar-refractivity contribution in [2.75, 3.05) is 0 Å². The van der Waals surface area contributed by atoms with Gasteiger partial charge >= 0.3 is 0 Å². The number of rotatable bonds is 6. The molecule has 0 heterocycles. The Morgan fingerprint density at radius 3 is 1.72 bits per heavy atom. The van der Waals surface area contributed by atoms with Gasteiger partial charge in [0.2, 0.25) is 0 Å². The van der Waals surface area contributed by atoms with Gasteiger partial charge < -0.3 is 0 Å². The summed E-state index contributed by atoms with van der Waals surface area (Å²) in [5, 5.41) is 21.1. The predicted molar refractivity (Wildman–Crippen MR) is 246 cm³/mol. The van der Waals surface area contributed by atoms with Crippen molar-refractivity contribution in [1.29, 1.82) is 5.41 Å². The second kappa shape index (κ2) is 14.6. The molecule has 0 atom stereocenters. The van der Waals surface area contributed by atoms with E-state index in [0.717, 1.165) is 38.6 Å². The molecule has 10 aromatic carbocycles. The van der Waals surface area contributed by atoms with Crippen molar-refractivity contribution in [3.05, 3.63) is 228 Å². The molecule has 3 heteroatoms. The van der Waals surface area contributed by atoms with Crippen LogP contribution in [0.3, 0.4) is 0 Å². The summed E-state index contributed by atoms with van der Waals surface area (Å²) in [4.78, 5) is 8.55. The summed E-state index contributed by atoms with van der Waals surface area (Å²) in [6.45, 7) is 7.39. The van der Waals surface area contributed by atoms with E-state index in [2.05, 4.69) is 144 Å². The largest absolute Gasteiger partial charge is 0.282 e. The Balaban J connectivity index is 1.21. The molecule has 0 amide bonds. The van der Waals surface area contributed by atoms with E-state index >= 15 is 0 Å². The highest BCUT2D eigenvalue weighted by atomic mass is 14.8. The first-order chi connectivity index (χ1) is 28.6. The molecule has 3 nitrogen and oxygen atoms in total. The van der Waals surface area contributed by atoms with Gasteiger partial charge in [-0.05, 0) is 99.9 Å². The molecule has 0 aliphatic rings. The zero-order valence-electron chi connectivity index (χ0n) is 31.5. The number of hydrogen-bond donors (Lipinski definition) is 1. The van der Waals surface area contributed by atoms with Gasteiger partial charge in [0.15, 0.2) is 11.5 Å². The monoisotopic (exact) mass is 737 g/mol. The van der Waals surface area contributed by atoms with Crippen LogP contribution in [0.2, 0.25) is 0 Å². The highest BCUT2D eigenvalue weighted by Gasteiger charge is 2.19. The number of benzene rings is 10. The fraction of sp³-hybridized carbons (Fsp3) is 0. The minimum absolute atomic E-state index is 0.187. The van der Waals surface area contributed by atoms with Gasteiger partial charge in [-0.2, -0.15) is 0 Å². The van der Waals surface area contributed by atoms with Gasteiger partial charge in [-0.1, -0.05) is 188 Å². The minimum atomic E-state index is 0.187. The Bertz CT molecular complexity index is 3290. The van der Waals surface area contributed by atoms with Crippen LogP contribution in [0.1, 0.15) is 16.7 Å². The lowest BCUT2D eigenvalue weighted by atomic mass is 9.83. The van der Waals surface area contributed by atoms with Crippen LogP contribution in [0, 0.1) is 12.0 Å². The summed E-state index contributed by atoms with van der Waals surface area (Å²) in [6, 6.07) is 67.4. The zero-order valence-corrected chi connectivity index (χ0v) is 31.5. The summed E-state index contributed by atoms with van der Waals surface area (Å²) in [5.41, 5.74) is 8.49. The Hall–Kier alpha value is -7.93. The van der Waals surface area contributed by atoms with Crippen LogP contribution in [-0.2, 0) is 0 Å². The molecule has 0 saturated heterocycles. The van der Waals surface area contributed by atoms with Crippen LogP contribution in [0.4, 0.5) is 5.69 Å². The van der Waals surface area contributed by atoms with Gasteiger partial charge in [-0.3, -0.25) is 5.41 Å². The van der Waals surface area contributed by atoms with Crippen molar-refractivity contribution in [3.8, 4) is 22.3 Å². The fourth-order valence-corrected chi connectivity index (χ4v) is 8.43. The van der Waals surface area contributed by atoms with E-state index in [1.54, 1.807) is 0 Å². The van der Waals surface area contributed by atoms with Crippen LogP contribution in [0.5, 0.6) is 0 Å². The van der Waals surface area contributed by atoms with Crippen LogP contribution in [0.25, 0.3) is 87.0 Å². The maximum atomic E-state index is 9.07. The van der Waals surface area contributed by atoms with Gasteiger partial charge in [-0.15, -0.1) is 0 Å². The Morgan fingerprint density at radius 1 is 0.448 bits per heavy atom. The molecule has 0 radical (unpaired) electrons. The van der Waals surface area contributed by atoms with Crippen molar-refractivity contribution in [2.45, 2.75) is 0 Å². The van der Waals surface area contributed by atoms with E-state index in [-0.39, 0.29) is 5.84 Å². The van der Waals surface area contributed by atoms with E-state index in [9.17, 15) is 0 Å². The molecule has 10 rings (SSSR count). The van der Waals surface area contributed by atoms with Crippen molar-refractivity contribution in [2.24, 2.45) is 4.99 Å². The lowest BCUT2D eigenvalue weighted by Crippen LogP contribution is -2.04. The number of fused-ring (bicyclic) bond motifs is 6. The topological polar surface area (TPSA) is 40.6 Å². The number of amidine groups is 1. The number of aliphatic imine (C=N–C) groups is 1. The summed E-state index contributed by atoms with van der Waals surface area (Å²) in [7, 11) is 0. The first-order valence-electron chi connectivity index (χ1n) is 19.4. The van der Waals surface area contributed by atoms with Gasteiger partial charge in [0.1, 0.15) is 0 Å². The highest BCUT2D eigenvalue weighted by Crippen LogP contribution is 2.46. The van der Waals surface area contributed by atoms with Crippen LogP contribution in [0.15, 0.2) is 205 Å². The molecular weight excluding hydrogens is 703 g/mol. The highest BCUT2D eigenvalue weighted by molar-refractivity contribution is 6.28. The molecule has 270 valence electrons. The quantitative estimate of drug-likeness (QED) is 0.0580. The normalized spacial score (nSPS) is 11.9. The van der Waals surface area contributed by atoms with Gasteiger partial charge in [0.05, 0.1) is 12.3 Å². The second-order valence-electron chi connectivity index (χ2n) is 14.5. The van der Waals surface area contributed by atoms with Crippen LogP contribution >= 0.6 is 0 Å². The van der Waals surface area contributed by atoms with Crippen molar-refractivity contribution >= 4 is 77.2 Å². The molecular formula is C55H35N3. The molecule has 0 bridgehead atoms. The Morgan fingerprint density at radius 2 is 1.02 bits per heavy atom. The molecule has 10 aromatic rings. The van der Waals surface area contributed by atoms with E-state index in [1.165, 1.54) is 54.2 Å². The molecule has 0 unspecified atom stereocenters. The van der Waals surface area contributed by atoms with E-state index in [1.807, 2.05) is 66.7 Å². The lowest BCUT2D eigenvalue weighted by molar-refractivity contribution is 1.41. The molecule has 0 saturated carbocycles. The SMILES string of the molecule is [C-]#[N+]c1ccc(-c2cccc(C(/C=C/c3c4ccccc4c(-c4c5ccccc5cc5c4ccc4ccccc45)c4ccccc34)=NC(=N)c3ccccc3)c2)cc1. The van der Waals surface area contributed by atoms with Gasteiger partial charge in [-0.25, -0.2) is 9.84 Å². The minimum Gasteiger partial charge on any atom is -0.282 e. The van der Waals surface area contributed by atoms with Crippen LogP contribution in [-0.4, -0.2) is 11.5 Å². The average Bonchev–Trinajstić information content (AvgIpc) is 3.29. The smallest absolute Gasteiger partial charge is 0.187 e. The van der Waals surface area contributed by atoms with Crippen molar-refractivity contribution < 1.29 is 0 Å². The van der Waals surface area contributed by atoms with E-state index in [4.69, 9.17) is 17.0 Å². The zero-order chi connectivity index (χ0) is 39.0. The molecule has 1 N–H and O–H groups in total. The van der Waals surface area contributed by atoms with Crippen molar-refractivity contribution in [1.82, 2.24) is 0 Å². The van der Waals surface area contributed by atoms with Gasteiger partial charge in [0, 0.05) is 11.1 Å². The van der Waals surface area contributed by atoms with Crippen molar-refractivity contribution in [3.63, 3.8) is 0 Å². The number of nitrogens with zero attached hydrogens (tertiary/aromatic N) is 2. The first kappa shape index (κ1) is 34.6. The summed E-state index contributed by atoms with van der Waals surface area (Å²) in [5.74, 6) is 0.187. The van der Waals surface area contributed by atoms with Crippen LogP contribution < -0.4 is 0 Å². The number of allylic oxidation sites excluding steroid dienone is 1.